The second-order valence-electron chi connectivity index (χ2n) is 6.63. The van der Waals surface area contributed by atoms with E-state index in [1.54, 1.807) is 36.7 Å². The lowest BCUT2D eigenvalue weighted by molar-refractivity contribution is 0.588. The second-order valence-corrected chi connectivity index (χ2v) is 8.90. The first-order chi connectivity index (χ1) is 13.8. The summed E-state index contributed by atoms with van der Waals surface area (Å²) in [6.07, 6.45) is 1.38. The van der Waals surface area contributed by atoms with Gasteiger partial charge in [0.15, 0.2) is 11.6 Å². The molecular formula is C20H22ClFN4O2S. The fourth-order valence-corrected chi connectivity index (χ4v) is 4.67. The van der Waals surface area contributed by atoms with Gasteiger partial charge in [-0.2, -0.15) is 0 Å². The molecule has 1 aromatic heterocycles. The van der Waals surface area contributed by atoms with Crippen molar-refractivity contribution < 1.29 is 12.8 Å². The molecule has 3 aromatic rings. The highest BCUT2D eigenvalue weighted by atomic mass is 35.5. The molecule has 0 aliphatic rings. The van der Waals surface area contributed by atoms with Crippen LogP contribution in [0.4, 0.5) is 10.1 Å². The van der Waals surface area contributed by atoms with E-state index in [0.29, 0.717) is 12.2 Å². The van der Waals surface area contributed by atoms with Crippen LogP contribution in [0.15, 0.2) is 47.4 Å². The number of anilines is 1. The van der Waals surface area contributed by atoms with Crippen molar-refractivity contribution in [3.05, 3.63) is 59.1 Å². The lowest BCUT2D eigenvalue weighted by Crippen LogP contribution is -2.32. The molecular weight excluding hydrogens is 415 g/mol. The van der Waals surface area contributed by atoms with Crippen LogP contribution in [0.2, 0.25) is 5.02 Å². The minimum Gasteiger partial charge on any atom is -0.314 e. The average Bonchev–Trinajstić information content (AvgIpc) is 3.04. The molecule has 9 heteroatoms. The first-order valence-corrected chi connectivity index (χ1v) is 11.0. The number of hydrogen-bond acceptors (Lipinski definition) is 4. The maximum atomic E-state index is 15.2. The number of hydrogen-bond donors (Lipinski definition) is 0. The van der Waals surface area contributed by atoms with E-state index in [-0.39, 0.29) is 33.5 Å². The fraction of sp³-hybridized carbons (Fsp3) is 0.300. The van der Waals surface area contributed by atoms with E-state index < -0.39 is 15.8 Å². The number of unbranched alkanes of at least 4 members (excludes halogenated alkanes) is 1. The first-order valence-electron chi connectivity index (χ1n) is 9.21. The van der Waals surface area contributed by atoms with Crippen LogP contribution in [0, 0.1) is 12.7 Å². The molecule has 0 spiro atoms. The Balaban J connectivity index is 2.27. The van der Waals surface area contributed by atoms with Crippen molar-refractivity contribution in [1.82, 2.24) is 14.8 Å². The third kappa shape index (κ3) is 4.00. The van der Waals surface area contributed by atoms with Crippen LogP contribution in [-0.4, -0.2) is 29.7 Å². The van der Waals surface area contributed by atoms with Crippen molar-refractivity contribution in [3.8, 4) is 11.4 Å². The normalized spacial score (nSPS) is 11.6. The zero-order chi connectivity index (χ0) is 21.2. The summed E-state index contributed by atoms with van der Waals surface area (Å²) in [5.41, 5.74) is 0.191. The van der Waals surface area contributed by atoms with Crippen LogP contribution in [0.1, 0.15) is 25.6 Å². The van der Waals surface area contributed by atoms with Crippen molar-refractivity contribution in [2.75, 3.05) is 10.8 Å². The number of nitrogens with zero attached hydrogens (tertiary/aromatic N) is 4. The minimum absolute atomic E-state index is 0.0104. The Hall–Kier alpha value is -2.45. The standard InChI is InChI=1S/C20H22ClFN4O2S/c1-4-5-13-26(29(27,28)15-9-7-6-8-10-15)17-12-11-16(21)19(22)18(17)20-24-23-14(2)25(20)3/h6-12H,4-5,13H2,1-3H3. The molecule has 2 aromatic carbocycles. The van der Waals surface area contributed by atoms with Gasteiger partial charge in [0.2, 0.25) is 0 Å². The second kappa shape index (κ2) is 8.51. The van der Waals surface area contributed by atoms with E-state index in [1.807, 2.05) is 6.92 Å². The van der Waals surface area contributed by atoms with Crippen LogP contribution in [0.5, 0.6) is 0 Å². The zero-order valence-electron chi connectivity index (χ0n) is 16.4. The summed E-state index contributed by atoms with van der Waals surface area (Å²) in [4.78, 5) is 0.131. The van der Waals surface area contributed by atoms with Crippen LogP contribution in [0.3, 0.4) is 0 Å². The highest BCUT2D eigenvalue weighted by molar-refractivity contribution is 7.92. The van der Waals surface area contributed by atoms with Crippen LogP contribution in [0.25, 0.3) is 11.4 Å². The van der Waals surface area contributed by atoms with E-state index in [0.717, 1.165) is 6.42 Å². The van der Waals surface area contributed by atoms with Crippen molar-refractivity contribution >= 4 is 27.3 Å². The predicted molar refractivity (Wildman–Crippen MR) is 112 cm³/mol. The largest absolute Gasteiger partial charge is 0.314 e. The van der Waals surface area contributed by atoms with Gasteiger partial charge in [-0.05, 0) is 37.6 Å². The van der Waals surface area contributed by atoms with Gasteiger partial charge in [-0.1, -0.05) is 43.1 Å². The smallest absolute Gasteiger partial charge is 0.264 e. The maximum Gasteiger partial charge on any atom is 0.264 e. The molecule has 0 N–H and O–H groups in total. The topological polar surface area (TPSA) is 68.1 Å². The molecule has 29 heavy (non-hydrogen) atoms. The fourth-order valence-electron chi connectivity index (χ4n) is 2.98. The summed E-state index contributed by atoms with van der Waals surface area (Å²) < 4.78 is 44.9. The van der Waals surface area contributed by atoms with Gasteiger partial charge >= 0.3 is 0 Å². The van der Waals surface area contributed by atoms with Crippen LogP contribution >= 0.6 is 11.6 Å². The molecule has 0 bridgehead atoms. The summed E-state index contributed by atoms with van der Waals surface area (Å²) >= 11 is 6.03. The molecule has 0 radical (unpaired) electrons. The van der Waals surface area contributed by atoms with Gasteiger partial charge in [0.1, 0.15) is 5.82 Å². The van der Waals surface area contributed by atoms with Crippen molar-refractivity contribution in [2.24, 2.45) is 7.05 Å². The summed E-state index contributed by atoms with van der Waals surface area (Å²) in [5.74, 6) is 0.0445. The van der Waals surface area contributed by atoms with E-state index in [1.165, 1.54) is 28.6 Å². The average molecular weight is 437 g/mol. The molecule has 0 unspecified atom stereocenters. The van der Waals surface area contributed by atoms with Crippen molar-refractivity contribution in [1.29, 1.82) is 0 Å². The van der Waals surface area contributed by atoms with Gasteiger partial charge in [0.05, 0.1) is 21.2 Å². The Morgan fingerprint density at radius 2 is 1.83 bits per heavy atom. The Bertz CT molecular complexity index is 1120. The third-order valence-corrected chi connectivity index (χ3v) is 6.82. The summed E-state index contributed by atoms with van der Waals surface area (Å²) in [6, 6.07) is 11.0. The molecule has 1 heterocycles. The van der Waals surface area contributed by atoms with Gasteiger partial charge < -0.3 is 4.57 Å². The molecule has 0 saturated carbocycles. The quantitative estimate of drug-likeness (QED) is 0.543. The number of sulfonamides is 1. The Labute approximate surface area is 175 Å². The number of aromatic nitrogens is 3. The van der Waals surface area contributed by atoms with E-state index in [2.05, 4.69) is 10.2 Å². The molecule has 6 nitrogen and oxygen atoms in total. The third-order valence-electron chi connectivity index (χ3n) is 4.70. The number of aryl methyl sites for hydroxylation is 1. The molecule has 3 rings (SSSR count). The van der Waals surface area contributed by atoms with Gasteiger partial charge in [-0.25, -0.2) is 12.8 Å². The molecule has 0 fully saturated rings. The molecule has 0 aliphatic carbocycles. The zero-order valence-corrected chi connectivity index (χ0v) is 18.0. The van der Waals surface area contributed by atoms with Gasteiger partial charge in [-0.15, -0.1) is 10.2 Å². The molecule has 0 saturated heterocycles. The Morgan fingerprint density at radius 3 is 2.41 bits per heavy atom. The number of benzene rings is 2. The van der Waals surface area contributed by atoms with E-state index >= 15 is 4.39 Å². The lowest BCUT2D eigenvalue weighted by Gasteiger charge is -2.27. The summed E-state index contributed by atoms with van der Waals surface area (Å²) in [7, 11) is -2.24. The number of halogens is 2. The van der Waals surface area contributed by atoms with Crippen LogP contribution < -0.4 is 4.31 Å². The predicted octanol–water partition coefficient (Wildman–Crippen LogP) is 4.58. The van der Waals surface area contributed by atoms with Gasteiger partial charge in [0, 0.05) is 13.6 Å². The highest BCUT2D eigenvalue weighted by Gasteiger charge is 2.30. The van der Waals surface area contributed by atoms with E-state index in [4.69, 9.17) is 11.6 Å². The van der Waals surface area contributed by atoms with Crippen molar-refractivity contribution in [3.63, 3.8) is 0 Å². The summed E-state index contributed by atoms with van der Waals surface area (Å²) in [6.45, 7) is 3.88. The Morgan fingerprint density at radius 1 is 1.14 bits per heavy atom. The minimum atomic E-state index is -3.93. The number of rotatable bonds is 7. The molecule has 0 aliphatic heterocycles. The maximum absolute atomic E-state index is 15.2. The lowest BCUT2D eigenvalue weighted by atomic mass is 10.1. The SMILES string of the molecule is CCCCN(c1ccc(Cl)c(F)c1-c1nnc(C)n1C)S(=O)(=O)c1ccccc1. The highest BCUT2D eigenvalue weighted by Crippen LogP contribution is 2.38. The van der Waals surface area contributed by atoms with Crippen LogP contribution in [-0.2, 0) is 17.1 Å². The first kappa shape index (κ1) is 21.3. The Kier molecular flexibility index (Phi) is 6.24. The molecule has 0 atom stereocenters. The molecule has 0 amide bonds. The monoisotopic (exact) mass is 436 g/mol. The molecule has 154 valence electrons. The van der Waals surface area contributed by atoms with Gasteiger partial charge in [0.25, 0.3) is 10.0 Å². The summed E-state index contributed by atoms with van der Waals surface area (Å²) in [5, 5.41) is 7.93. The van der Waals surface area contributed by atoms with Crippen molar-refractivity contribution in [2.45, 2.75) is 31.6 Å². The van der Waals surface area contributed by atoms with Gasteiger partial charge in [-0.3, -0.25) is 4.31 Å². The van der Waals surface area contributed by atoms with E-state index in [9.17, 15) is 8.42 Å².